The Hall–Kier alpha value is -3.03. The van der Waals surface area contributed by atoms with Gasteiger partial charge in [-0.3, -0.25) is 14.4 Å². The minimum Gasteiger partial charge on any atom is -0.507 e. The zero-order valence-electron chi connectivity index (χ0n) is 15.9. The second-order valence-corrected chi connectivity index (χ2v) is 7.52. The Morgan fingerprint density at radius 2 is 1.79 bits per heavy atom. The molecular formula is C22H20O7. The Labute approximate surface area is 166 Å². The number of benzene rings is 2. The summed E-state index contributed by atoms with van der Waals surface area (Å²) >= 11 is 0. The van der Waals surface area contributed by atoms with Crippen molar-refractivity contribution in [3.8, 4) is 5.75 Å². The molecule has 0 bridgehead atoms. The Morgan fingerprint density at radius 3 is 2.45 bits per heavy atom. The first-order valence-corrected chi connectivity index (χ1v) is 9.31. The maximum Gasteiger partial charge on any atom is 0.316 e. The average molecular weight is 396 g/mol. The van der Waals surface area contributed by atoms with Crippen molar-refractivity contribution in [2.75, 3.05) is 7.11 Å². The summed E-state index contributed by atoms with van der Waals surface area (Å²) in [6, 6.07) is 7.03. The van der Waals surface area contributed by atoms with Crippen LogP contribution in [0.15, 0.2) is 30.3 Å². The molecule has 4 rings (SSSR count). The van der Waals surface area contributed by atoms with Crippen LogP contribution in [0.4, 0.5) is 0 Å². The Morgan fingerprint density at radius 1 is 1.14 bits per heavy atom. The number of aromatic hydroxyl groups is 1. The first kappa shape index (κ1) is 19.3. The molecule has 0 aliphatic heterocycles. The molecule has 2 aromatic rings. The molecule has 7 nitrogen and oxygen atoms in total. The molecule has 0 spiro atoms. The van der Waals surface area contributed by atoms with Gasteiger partial charge in [-0.15, -0.1) is 0 Å². The summed E-state index contributed by atoms with van der Waals surface area (Å²) in [5.41, 5.74) is -0.892. The van der Waals surface area contributed by atoms with Crippen molar-refractivity contribution in [3.05, 3.63) is 63.7 Å². The Balaban J connectivity index is 1.98. The Bertz CT molecular complexity index is 1070. The number of aliphatic hydroxyl groups excluding tert-OH is 1. The number of phenols is 1. The summed E-state index contributed by atoms with van der Waals surface area (Å²) in [6.45, 7) is 1.69. The zero-order chi connectivity index (χ0) is 21.1. The number of phenolic OH excluding ortho intramolecular Hbond substituents is 1. The van der Waals surface area contributed by atoms with Crippen molar-refractivity contribution in [2.24, 2.45) is 0 Å². The summed E-state index contributed by atoms with van der Waals surface area (Å²) in [5, 5.41) is 31.8. The molecule has 3 atom stereocenters. The van der Waals surface area contributed by atoms with Gasteiger partial charge in [-0.25, -0.2) is 0 Å². The predicted octanol–water partition coefficient (Wildman–Crippen LogP) is 2.00. The van der Waals surface area contributed by atoms with Crippen LogP contribution in [0.2, 0.25) is 0 Å². The number of esters is 1. The molecule has 2 aliphatic carbocycles. The SMILES string of the molecule is CCC1(O)CC(O)c2cc3c(cc2C1C(=O)OC)C(=O)c1cccc(O)c1C3=O. The number of methoxy groups -OCH3 is 1. The standard InChI is InChI=1S/C22H20O7/c1-3-22(28)9-16(24)11-7-14-13(8-12(11)18(22)21(27)29-2)19(25)10-5-4-6-15(23)17(10)20(14)26/h4-8,16,18,23-24,28H,3,9H2,1-2H3. The topological polar surface area (TPSA) is 121 Å². The van der Waals surface area contributed by atoms with E-state index in [0.29, 0.717) is 0 Å². The van der Waals surface area contributed by atoms with E-state index in [2.05, 4.69) is 0 Å². The lowest BCUT2D eigenvalue weighted by Crippen LogP contribution is -2.45. The fourth-order valence-electron chi connectivity index (χ4n) is 4.46. The molecule has 0 aromatic heterocycles. The smallest absolute Gasteiger partial charge is 0.316 e. The molecule has 7 heteroatoms. The molecule has 2 aromatic carbocycles. The van der Waals surface area contributed by atoms with E-state index in [1.165, 1.54) is 37.4 Å². The number of fused-ring (bicyclic) bond motifs is 3. The molecule has 0 saturated heterocycles. The van der Waals surface area contributed by atoms with Crippen LogP contribution in [0.3, 0.4) is 0 Å². The number of aliphatic hydroxyl groups is 2. The van der Waals surface area contributed by atoms with Gasteiger partial charge < -0.3 is 20.1 Å². The lowest BCUT2D eigenvalue weighted by molar-refractivity contribution is -0.153. The van der Waals surface area contributed by atoms with Gasteiger partial charge in [0.05, 0.1) is 24.4 Å². The van der Waals surface area contributed by atoms with Crippen molar-refractivity contribution in [1.29, 1.82) is 0 Å². The van der Waals surface area contributed by atoms with Gasteiger partial charge in [0.1, 0.15) is 11.7 Å². The van der Waals surface area contributed by atoms with E-state index in [-0.39, 0.29) is 52.0 Å². The van der Waals surface area contributed by atoms with E-state index in [1.807, 2.05) is 0 Å². The fraction of sp³-hybridized carbons (Fsp3) is 0.318. The van der Waals surface area contributed by atoms with Crippen molar-refractivity contribution < 1.29 is 34.4 Å². The third-order valence-corrected chi connectivity index (χ3v) is 6.03. The third kappa shape index (κ3) is 2.62. The number of ketones is 2. The van der Waals surface area contributed by atoms with E-state index in [9.17, 15) is 29.7 Å². The highest BCUT2D eigenvalue weighted by Crippen LogP contribution is 2.48. The van der Waals surface area contributed by atoms with Gasteiger partial charge in [0.25, 0.3) is 0 Å². The summed E-state index contributed by atoms with van der Waals surface area (Å²) in [7, 11) is 1.20. The minimum absolute atomic E-state index is 0.0485. The van der Waals surface area contributed by atoms with Crippen LogP contribution in [0.1, 0.15) is 74.8 Å². The van der Waals surface area contributed by atoms with Gasteiger partial charge in [-0.1, -0.05) is 19.1 Å². The highest BCUT2D eigenvalue weighted by atomic mass is 16.5. The minimum atomic E-state index is -1.55. The largest absolute Gasteiger partial charge is 0.507 e. The lowest BCUT2D eigenvalue weighted by Gasteiger charge is -2.41. The fourth-order valence-corrected chi connectivity index (χ4v) is 4.46. The molecule has 2 aliphatic rings. The first-order chi connectivity index (χ1) is 13.7. The number of hydrogen-bond donors (Lipinski definition) is 3. The molecule has 0 fully saturated rings. The highest BCUT2D eigenvalue weighted by Gasteiger charge is 2.49. The second kappa shape index (κ2) is 6.50. The summed E-state index contributed by atoms with van der Waals surface area (Å²) in [4.78, 5) is 38.6. The quantitative estimate of drug-likeness (QED) is 0.567. The first-order valence-electron chi connectivity index (χ1n) is 9.31. The van der Waals surface area contributed by atoms with E-state index in [4.69, 9.17) is 4.74 Å². The molecule has 0 heterocycles. The third-order valence-electron chi connectivity index (χ3n) is 6.03. The molecule has 150 valence electrons. The van der Waals surface area contributed by atoms with E-state index < -0.39 is 35.2 Å². The maximum absolute atomic E-state index is 13.0. The molecule has 29 heavy (non-hydrogen) atoms. The van der Waals surface area contributed by atoms with Gasteiger partial charge in [-0.05, 0) is 35.7 Å². The maximum atomic E-state index is 13.0. The normalized spacial score (nSPS) is 25.1. The van der Waals surface area contributed by atoms with Gasteiger partial charge in [0, 0.05) is 23.1 Å². The molecular weight excluding hydrogens is 376 g/mol. The van der Waals surface area contributed by atoms with Crippen LogP contribution in [0.5, 0.6) is 5.75 Å². The number of rotatable bonds is 2. The van der Waals surface area contributed by atoms with Gasteiger partial charge in [0.2, 0.25) is 0 Å². The number of carbonyl (C=O) groups is 3. The molecule has 3 N–H and O–H groups in total. The van der Waals surface area contributed by atoms with Crippen molar-refractivity contribution in [1.82, 2.24) is 0 Å². The van der Waals surface area contributed by atoms with Gasteiger partial charge in [0.15, 0.2) is 11.6 Å². The lowest BCUT2D eigenvalue weighted by atomic mass is 9.67. The van der Waals surface area contributed by atoms with Crippen LogP contribution in [0.25, 0.3) is 0 Å². The highest BCUT2D eigenvalue weighted by molar-refractivity contribution is 6.29. The monoisotopic (exact) mass is 396 g/mol. The van der Waals surface area contributed by atoms with E-state index in [1.54, 1.807) is 6.92 Å². The summed E-state index contributed by atoms with van der Waals surface area (Å²) in [6.07, 6.45) is -1.06. The number of hydrogen-bond acceptors (Lipinski definition) is 7. The van der Waals surface area contributed by atoms with Crippen LogP contribution in [-0.2, 0) is 9.53 Å². The van der Waals surface area contributed by atoms with Gasteiger partial charge >= 0.3 is 5.97 Å². The van der Waals surface area contributed by atoms with Gasteiger partial charge in [-0.2, -0.15) is 0 Å². The Kier molecular flexibility index (Phi) is 4.33. The van der Waals surface area contributed by atoms with Crippen molar-refractivity contribution >= 4 is 17.5 Å². The molecule has 3 unspecified atom stereocenters. The summed E-state index contributed by atoms with van der Waals surface area (Å²) < 4.78 is 4.88. The van der Waals surface area contributed by atoms with Crippen LogP contribution in [-0.4, -0.2) is 45.6 Å². The number of ether oxygens (including phenoxy) is 1. The van der Waals surface area contributed by atoms with Crippen LogP contribution < -0.4 is 0 Å². The summed E-state index contributed by atoms with van der Waals surface area (Å²) in [5.74, 6) is -3.09. The molecule has 0 saturated carbocycles. The number of carbonyl (C=O) groups excluding carboxylic acids is 3. The van der Waals surface area contributed by atoms with E-state index in [0.717, 1.165) is 0 Å². The second-order valence-electron chi connectivity index (χ2n) is 7.52. The van der Waals surface area contributed by atoms with Crippen molar-refractivity contribution in [3.63, 3.8) is 0 Å². The predicted molar refractivity (Wildman–Crippen MR) is 101 cm³/mol. The van der Waals surface area contributed by atoms with Crippen LogP contribution >= 0.6 is 0 Å². The van der Waals surface area contributed by atoms with Crippen LogP contribution in [0, 0.1) is 0 Å². The average Bonchev–Trinajstić information content (AvgIpc) is 2.70. The van der Waals surface area contributed by atoms with E-state index >= 15 is 0 Å². The molecule has 0 radical (unpaired) electrons. The van der Waals surface area contributed by atoms with Crippen molar-refractivity contribution in [2.45, 2.75) is 37.4 Å². The zero-order valence-corrected chi connectivity index (χ0v) is 15.9. The molecule has 0 amide bonds.